The predicted molar refractivity (Wildman–Crippen MR) is 150 cm³/mol. The third-order valence-corrected chi connectivity index (χ3v) is 9.33. The summed E-state index contributed by atoms with van der Waals surface area (Å²) in [4.78, 5) is 20.5. The van der Waals surface area contributed by atoms with Crippen LogP contribution in [0.1, 0.15) is 23.1 Å². The topological polar surface area (TPSA) is 107 Å². The number of rotatable bonds is 5. The number of nitrogens with two attached hydrogens (primary N) is 1. The van der Waals surface area contributed by atoms with Gasteiger partial charge in [0.15, 0.2) is 11.6 Å². The first kappa shape index (κ1) is 25.5. The SMILES string of the molecule is CN(C)CC1CN([C@H]2CCN(c3ncc4c5c(c(-c6ncc(F)c7sc(N)c(C#N)c67)c(F)c4n3)COC5)C2)C1. The number of hydrogen-bond donors (Lipinski definition) is 1. The maximum absolute atomic E-state index is 16.5. The fourth-order valence-electron chi connectivity index (χ4n) is 6.45. The Kier molecular flexibility index (Phi) is 6.08. The Morgan fingerprint density at radius 3 is 2.75 bits per heavy atom. The summed E-state index contributed by atoms with van der Waals surface area (Å²) < 4.78 is 37.1. The minimum Gasteiger partial charge on any atom is -0.389 e. The third kappa shape index (κ3) is 3.91. The van der Waals surface area contributed by atoms with Crippen molar-refractivity contribution in [2.45, 2.75) is 25.7 Å². The van der Waals surface area contributed by atoms with E-state index in [9.17, 15) is 9.65 Å². The molecule has 0 unspecified atom stereocenters. The van der Waals surface area contributed by atoms with Gasteiger partial charge >= 0.3 is 0 Å². The molecule has 0 aliphatic carbocycles. The Hall–Kier alpha value is -3.50. The van der Waals surface area contributed by atoms with E-state index in [4.69, 9.17) is 15.5 Å². The van der Waals surface area contributed by atoms with Crippen LogP contribution in [0.15, 0.2) is 12.4 Å². The van der Waals surface area contributed by atoms with Crippen molar-refractivity contribution in [3.8, 4) is 17.3 Å². The summed E-state index contributed by atoms with van der Waals surface area (Å²) in [5, 5.41) is 10.7. The van der Waals surface area contributed by atoms with Crippen molar-refractivity contribution in [1.29, 1.82) is 5.26 Å². The van der Waals surface area contributed by atoms with E-state index in [1.54, 1.807) is 6.20 Å². The molecule has 0 saturated carbocycles. The van der Waals surface area contributed by atoms with Gasteiger partial charge in [-0.25, -0.2) is 18.7 Å². The Morgan fingerprint density at radius 1 is 1.18 bits per heavy atom. The molecule has 2 saturated heterocycles. The number of anilines is 2. The zero-order valence-corrected chi connectivity index (χ0v) is 23.1. The van der Waals surface area contributed by atoms with Crippen molar-refractivity contribution in [2.24, 2.45) is 5.92 Å². The molecule has 7 rings (SSSR count). The molecule has 3 aromatic heterocycles. The van der Waals surface area contributed by atoms with Gasteiger partial charge in [0.05, 0.1) is 35.4 Å². The van der Waals surface area contributed by atoms with Gasteiger partial charge in [0.1, 0.15) is 16.6 Å². The molecule has 9 nitrogen and oxygen atoms in total. The molecule has 2 N–H and O–H groups in total. The van der Waals surface area contributed by atoms with Gasteiger partial charge in [-0.1, -0.05) is 0 Å². The number of nitriles is 1. The molecule has 1 aromatic carbocycles. The molecule has 4 aromatic rings. The quantitative estimate of drug-likeness (QED) is 0.389. The summed E-state index contributed by atoms with van der Waals surface area (Å²) in [6, 6.07) is 2.47. The largest absolute Gasteiger partial charge is 0.389 e. The molecule has 0 bridgehead atoms. The summed E-state index contributed by atoms with van der Waals surface area (Å²) in [6.45, 7) is 5.32. The summed E-state index contributed by atoms with van der Waals surface area (Å²) in [5.74, 6) is -0.000265. The van der Waals surface area contributed by atoms with Crippen molar-refractivity contribution in [2.75, 3.05) is 57.5 Å². The number of likely N-dealkylation sites (tertiary alicyclic amines) is 1. The number of hydrogen-bond acceptors (Lipinski definition) is 10. The third-order valence-electron chi connectivity index (χ3n) is 8.30. The van der Waals surface area contributed by atoms with Crippen LogP contribution in [0.5, 0.6) is 0 Å². The monoisotopic (exact) mass is 562 g/mol. The number of benzene rings is 1. The van der Waals surface area contributed by atoms with E-state index < -0.39 is 11.6 Å². The normalized spacial score (nSPS) is 19.6. The molecule has 12 heteroatoms. The van der Waals surface area contributed by atoms with Crippen LogP contribution < -0.4 is 10.6 Å². The number of pyridine rings is 1. The van der Waals surface area contributed by atoms with E-state index >= 15 is 4.39 Å². The van der Waals surface area contributed by atoms with Crippen LogP contribution in [-0.4, -0.2) is 77.6 Å². The lowest BCUT2D eigenvalue weighted by Gasteiger charge is -2.44. The van der Waals surface area contributed by atoms with Crippen molar-refractivity contribution >= 4 is 43.3 Å². The fourth-order valence-corrected chi connectivity index (χ4v) is 7.37. The van der Waals surface area contributed by atoms with Crippen LogP contribution in [0.25, 0.3) is 32.2 Å². The van der Waals surface area contributed by atoms with Gasteiger partial charge in [0.2, 0.25) is 5.95 Å². The highest BCUT2D eigenvalue weighted by atomic mass is 32.1. The first-order valence-electron chi connectivity index (χ1n) is 13.3. The zero-order chi connectivity index (χ0) is 27.7. The number of fused-ring (bicyclic) bond motifs is 4. The predicted octanol–water partition coefficient (Wildman–Crippen LogP) is 3.74. The van der Waals surface area contributed by atoms with Crippen LogP contribution in [0, 0.1) is 28.9 Å². The first-order valence-corrected chi connectivity index (χ1v) is 14.1. The van der Waals surface area contributed by atoms with Gasteiger partial charge in [-0.2, -0.15) is 5.26 Å². The molecule has 1 atom stereocenters. The molecule has 0 amide bonds. The molecular formula is C28H28F2N8OS. The van der Waals surface area contributed by atoms with Gasteiger partial charge in [-0.3, -0.25) is 9.88 Å². The van der Waals surface area contributed by atoms with Crippen LogP contribution >= 0.6 is 11.3 Å². The second-order valence-electron chi connectivity index (χ2n) is 11.2. The second-order valence-corrected chi connectivity index (χ2v) is 12.2. The number of nitrogens with zero attached hydrogens (tertiary/aromatic N) is 7. The summed E-state index contributed by atoms with van der Waals surface area (Å²) in [7, 11) is 4.21. The van der Waals surface area contributed by atoms with Crippen molar-refractivity contribution in [3.63, 3.8) is 0 Å². The molecule has 206 valence electrons. The number of ether oxygens (including phenoxy) is 1. The minimum absolute atomic E-state index is 0.0967. The van der Waals surface area contributed by atoms with E-state index in [1.807, 2.05) is 6.07 Å². The Bertz CT molecular complexity index is 1710. The summed E-state index contributed by atoms with van der Waals surface area (Å²) >= 11 is 0.961. The van der Waals surface area contributed by atoms with E-state index in [2.05, 4.69) is 38.8 Å². The van der Waals surface area contributed by atoms with Gasteiger partial charge in [0, 0.05) is 61.3 Å². The zero-order valence-electron chi connectivity index (χ0n) is 22.2. The lowest BCUT2D eigenvalue weighted by atomic mass is 9.94. The highest BCUT2D eigenvalue weighted by Gasteiger charge is 2.37. The van der Waals surface area contributed by atoms with Crippen LogP contribution in [0.3, 0.4) is 0 Å². The van der Waals surface area contributed by atoms with Gasteiger partial charge in [0.25, 0.3) is 0 Å². The van der Waals surface area contributed by atoms with Crippen molar-refractivity contribution < 1.29 is 13.5 Å². The van der Waals surface area contributed by atoms with Gasteiger partial charge in [-0.05, 0) is 37.6 Å². The average Bonchev–Trinajstić information content (AvgIpc) is 3.66. The van der Waals surface area contributed by atoms with E-state index in [1.165, 1.54) is 0 Å². The molecule has 3 aliphatic heterocycles. The average molecular weight is 563 g/mol. The van der Waals surface area contributed by atoms with Crippen LogP contribution in [-0.2, 0) is 18.0 Å². The Morgan fingerprint density at radius 2 is 1.98 bits per heavy atom. The first-order chi connectivity index (χ1) is 19.3. The Labute approximate surface area is 233 Å². The van der Waals surface area contributed by atoms with Crippen LogP contribution in [0.2, 0.25) is 0 Å². The summed E-state index contributed by atoms with van der Waals surface area (Å²) in [5.41, 5.74) is 8.05. The molecule has 6 heterocycles. The standard InChI is InChI=1S/C28H28F2N8OS/c1-36(2)8-14-9-38(10-14)15-3-4-37(11-15)28-34-6-17-18-12-39-13-19(18)21(23(30)24(17)35-28)25-22-16(5-31)27(32)40-26(22)20(29)7-33-25/h6-7,14-15H,3-4,8-13,32H2,1-2H3/t15-/m0/s1. The smallest absolute Gasteiger partial charge is 0.226 e. The minimum atomic E-state index is -0.602. The van der Waals surface area contributed by atoms with Crippen LogP contribution in [0.4, 0.5) is 19.7 Å². The number of nitrogen functional groups attached to an aromatic ring is 1. The number of halogens is 2. The highest BCUT2D eigenvalue weighted by molar-refractivity contribution is 7.23. The Balaban J connectivity index is 1.29. The maximum Gasteiger partial charge on any atom is 0.226 e. The number of thiophene rings is 1. The van der Waals surface area contributed by atoms with E-state index in [0.717, 1.165) is 62.2 Å². The lowest BCUT2D eigenvalue weighted by Crippen LogP contribution is -2.55. The van der Waals surface area contributed by atoms with Gasteiger partial charge in [-0.15, -0.1) is 11.3 Å². The lowest BCUT2D eigenvalue weighted by molar-refractivity contribution is 0.0464. The van der Waals surface area contributed by atoms with Crippen molar-refractivity contribution in [3.05, 3.63) is 40.7 Å². The molecular weight excluding hydrogens is 534 g/mol. The molecule has 0 spiro atoms. The molecule has 3 aliphatic rings. The summed E-state index contributed by atoms with van der Waals surface area (Å²) in [6.07, 6.45) is 3.74. The molecule has 0 radical (unpaired) electrons. The fraction of sp³-hybridized carbons (Fsp3) is 0.429. The number of aromatic nitrogens is 3. The van der Waals surface area contributed by atoms with Gasteiger partial charge < -0.3 is 20.3 Å². The highest BCUT2D eigenvalue weighted by Crippen LogP contribution is 2.45. The molecule has 40 heavy (non-hydrogen) atoms. The van der Waals surface area contributed by atoms with Crippen molar-refractivity contribution in [1.82, 2.24) is 24.8 Å². The maximum atomic E-state index is 16.5. The molecule has 2 fully saturated rings. The van der Waals surface area contributed by atoms with E-state index in [-0.39, 0.29) is 50.6 Å². The second kappa shape index (κ2) is 9.55. The van der Waals surface area contributed by atoms with E-state index in [0.29, 0.717) is 28.9 Å².